The number of nitrogens with one attached hydrogen (secondary N) is 2. The summed E-state index contributed by atoms with van der Waals surface area (Å²) >= 11 is 0. The number of hydrogen-bond acceptors (Lipinski definition) is 7. The van der Waals surface area contributed by atoms with Crippen LogP contribution in [0.1, 0.15) is 53.1 Å². The molecule has 166 valence electrons. The molecular formula is C22H30N6O3. The van der Waals surface area contributed by atoms with Gasteiger partial charge in [0.1, 0.15) is 0 Å². The molecule has 1 aliphatic carbocycles. The van der Waals surface area contributed by atoms with Crippen molar-refractivity contribution < 1.29 is 14.1 Å². The molecule has 4 rings (SSSR count). The Morgan fingerprint density at radius 1 is 1.19 bits per heavy atom. The van der Waals surface area contributed by atoms with Gasteiger partial charge < -0.3 is 26.6 Å². The van der Waals surface area contributed by atoms with Crippen molar-refractivity contribution in [2.24, 2.45) is 0 Å². The van der Waals surface area contributed by atoms with Crippen LogP contribution in [-0.2, 0) is 4.79 Å². The maximum atomic E-state index is 12.2. The molecule has 1 saturated heterocycles. The monoisotopic (exact) mass is 426 g/mol. The third-order valence-corrected chi connectivity index (χ3v) is 6.37. The van der Waals surface area contributed by atoms with Gasteiger partial charge in [0.05, 0.1) is 18.2 Å². The maximum absolute atomic E-state index is 12.2. The van der Waals surface area contributed by atoms with Crippen LogP contribution in [0.2, 0.25) is 0 Å². The molecule has 0 unspecified atom stereocenters. The normalized spacial score (nSPS) is 22.0. The fraction of sp³-hybridized carbons (Fsp3) is 0.500. The van der Waals surface area contributed by atoms with Crippen LogP contribution in [0.5, 0.6) is 0 Å². The molecule has 2 fully saturated rings. The highest BCUT2D eigenvalue weighted by Gasteiger charge is 2.36. The summed E-state index contributed by atoms with van der Waals surface area (Å²) in [6.45, 7) is 3.59. The number of likely N-dealkylation sites (tertiary alicyclic amines) is 1. The van der Waals surface area contributed by atoms with Crippen molar-refractivity contribution in [1.82, 2.24) is 20.7 Å². The zero-order chi connectivity index (χ0) is 22.0. The second-order valence-corrected chi connectivity index (χ2v) is 8.62. The number of amides is 2. The average molecular weight is 427 g/mol. The number of aryl methyl sites for hydroxylation is 1. The van der Waals surface area contributed by atoms with Gasteiger partial charge in [-0.05, 0) is 50.7 Å². The van der Waals surface area contributed by atoms with E-state index in [9.17, 15) is 9.59 Å². The highest BCUT2D eigenvalue weighted by Crippen LogP contribution is 2.40. The lowest BCUT2D eigenvalue weighted by Crippen LogP contribution is -2.63. The van der Waals surface area contributed by atoms with E-state index in [0.29, 0.717) is 29.2 Å². The lowest BCUT2D eigenvalue weighted by atomic mass is 9.80. The molecule has 1 saturated carbocycles. The predicted molar refractivity (Wildman–Crippen MR) is 117 cm³/mol. The molecule has 0 bridgehead atoms. The molecule has 6 N–H and O–H groups in total. The summed E-state index contributed by atoms with van der Waals surface area (Å²) in [6, 6.07) is 7.94. The van der Waals surface area contributed by atoms with Gasteiger partial charge in [-0.2, -0.15) is 0 Å². The van der Waals surface area contributed by atoms with E-state index in [-0.39, 0.29) is 24.4 Å². The molecule has 1 aromatic carbocycles. The Morgan fingerprint density at radius 3 is 2.58 bits per heavy atom. The van der Waals surface area contributed by atoms with Crippen molar-refractivity contribution in [3.8, 4) is 0 Å². The van der Waals surface area contributed by atoms with E-state index < -0.39 is 0 Å². The second-order valence-electron chi connectivity index (χ2n) is 8.62. The number of aromatic nitrogens is 1. The summed E-state index contributed by atoms with van der Waals surface area (Å²) in [6.07, 6.45) is 4.11. The molecule has 0 spiro atoms. The van der Waals surface area contributed by atoms with E-state index in [0.717, 1.165) is 49.9 Å². The third-order valence-electron chi connectivity index (χ3n) is 6.37. The number of hydrogen-bond donors (Lipinski definition) is 4. The minimum Gasteiger partial charge on any atom is -0.381 e. The lowest BCUT2D eigenvalue weighted by Gasteiger charge is -2.46. The van der Waals surface area contributed by atoms with E-state index >= 15 is 0 Å². The summed E-state index contributed by atoms with van der Waals surface area (Å²) in [7, 11) is 0. The molecule has 9 nitrogen and oxygen atoms in total. The minimum atomic E-state index is -0.236. The molecule has 0 atom stereocenters. The Morgan fingerprint density at radius 2 is 1.94 bits per heavy atom. The number of nitrogen functional groups attached to an aromatic ring is 2. The number of carbonyl (C=O) groups is 2. The first kappa shape index (κ1) is 21.2. The van der Waals surface area contributed by atoms with Crippen LogP contribution in [0.15, 0.2) is 28.8 Å². The van der Waals surface area contributed by atoms with Crippen molar-refractivity contribution in [3.05, 3.63) is 41.0 Å². The average Bonchev–Trinajstić information content (AvgIpc) is 3.07. The van der Waals surface area contributed by atoms with Crippen molar-refractivity contribution in [2.75, 3.05) is 31.1 Å². The summed E-state index contributed by atoms with van der Waals surface area (Å²) in [4.78, 5) is 26.8. The molecule has 2 aromatic rings. The van der Waals surface area contributed by atoms with E-state index in [1.54, 1.807) is 12.1 Å². The number of nitrogens with zero attached hydrogens (tertiary/aromatic N) is 2. The second kappa shape index (κ2) is 8.97. The third kappa shape index (κ3) is 4.82. The zero-order valence-corrected chi connectivity index (χ0v) is 17.8. The fourth-order valence-electron chi connectivity index (χ4n) is 4.69. The Hall–Kier alpha value is -3.07. The van der Waals surface area contributed by atoms with E-state index in [1.807, 2.05) is 19.1 Å². The fourth-order valence-corrected chi connectivity index (χ4v) is 4.69. The quantitative estimate of drug-likeness (QED) is 0.547. The van der Waals surface area contributed by atoms with Crippen LogP contribution in [0.25, 0.3) is 0 Å². The molecule has 2 aliphatic rings. The van der Waals surface area contributed by atoms with Crippen LogP contribution < -0.4 is 22.1 Å². The molecule has 31 heavy (non-hydrogen) atoms. The Bertz CT molecular complexity index is 925. The zero-order valence-electron chi connectivity index (χ0n) is 17.8. The first-order valence-corrected chi connectivity index (χ1v) is 10.8. The summed E-state index contributed by atoms with van der Waals surface area (Å²) in [5, 5.41) is 9.44. The van der Waals surface area contributed by atoms with Gasteiger partial charge in [-0.15, -0.1) is 0 Å². The summed E-state index contributed by atoms with van der Waals surface area (Å²) < 4.78 is 5.00. The van der Waals surface area contributed by atoms with Gasteiger partial charge in [0.25, 0.3) is 5.91 Å². The van der Waals surface area contributed by atoms with Gasteiger partial charge in [0.2, 0.25) is 11.8 Å². The number of benzene rings is 1. The van der Waals surface area contributed by atoms with Crippen molar-refractivity contribution in [2.45, 2.75) is 50.6 Å². The summed E-state index contributed by atoms with van der Waals surface area (Å²) in [5.74, 6) is 0.647. The molecule has 9 heteroatoms. The Kier molecular flexibility index (Phi) is 6.13. The molecule has 2 amide bonds. The van der Waals surface area contributed by atoms with Gasteiger partial charge in [-0.25, -0.2) is 0 Å². The van der Waals surface area contributed by atoms with Gasteiger partial charge in [-0.3, -0.25) is 14.5 Å². The standard InChI is InChI=1S/C22H30N6O3/c1-13-3-2-4-15(9-13)22(30)25-10-18(29)26-16-11-28(12-16)17-7-5-14(6-8-17)19-20(23)27-31-21(19)24/h2-4,9,14,16-17H,5-8,10-12,24H2,1H3,(H2,23,27)(H,25,30)(H,26,29). The van der Waals surface area contributed by atoms with E-state index in [2.05, 4.69) is 20.7 Å². The lowest BCUT2D eigenvalue weighted by molar-refractivity contribution is -0.122. The topological polar surface area (TPSA) is 140 Å². The van der Waals surface area contributed by atoms with Crippen LogP contribution in [-0.4, -0.2) is 53.6 Å². The van der Waals surface area contributed by atoms with Gasteiger partial charge in [0, 0.05) is 24.7 Å². The first-order valence-electron chi connectivity index (χ1n) is 10.8. The molecule has 0 radical (unpaired) electrons. The number of carbonyl (C=O) groups excluding carboxylic acids is 2. The Balaban J connectivity index is 1.16. The van der Waals surface area contributed by atoms with E-state index in [1.165, 1.54) is 0 Å². The summed E-state index contributed by atoms with van der Waals surface area (Å²) in [5.41, 5.74) is 14.2. The van der Waals surface area contributed by atoms with Crippen molar-refractivity contribution in [1.29, 1.82) is 0 Å². The Labute approximate surface area is 181 Å². The molecular weight excluding hydrogens is 396 g/mol. The van der Waals surface area contributed by atoms with Crippen LogP contribution in [0.3, 0.4) is 0 Å². The van der Waals surface area contributed by atoms with Crippen molar-refractivity contribution in [3.63, 3.8) is 0 Å². The van der Waals surface area contributed by atoms with Crippen LogP contribution in [0, 0.1) is 6.92 Å². The number of anilines is 2. The van der Waals surface area contributed by atoms with Gasteiger partial charge >= 0.3 is 0 Å². The van der Waals surface area contributed by atoms with Crippen LogP contribution >= 0.6 is 0 Å². The van der Waals surface area contributed by atoms with Gasteiger partial charge in [-0.1, -0.05) is 22.9 Å². The number of nitrogens with two attached hydrogens (primary N) is 2. The van der Waals surface area contributed by atoms with Gasteiger partial charge in [0.15, 0.2) is 5.82 Å². The SMILES string of the molecule is Cc1cccc(C(=O)NCC(=O)NC2CN(C3CCC(c4c(N)noc4N)CC3)C2)c1. The van der Waals surface area contributed by atoms with Crippen molar-refractivity contribution >= 4 is 23.5 Å². The highest BCUT2D eigenvalue weighted by atomic mass is 16.5. The molecule has 1 aromatic heterocycles. The largest absolute Gasteiger partial charge is 0.381 e. The van der Waals surface area contributed by atoms with E-state index in [4.69, 9.17) is 16.0 Å². The first-order chi connectivity index (χ1) is 14.9. The highest BCUT2D eigenvalue weighted by molar-refractivity contribution is 5.96. The minimum absolute atomic E-state index is 0.0179. The molecule has 2 heterocycles. The maximum Gasteiger partial charge on any atom is 0.251 e. The molecule has 1 aliphatic heterocycles. The number of rotatable bonds is 6. The predicted octanol–water partition coefficient (Wildman–Crippen LogP) is 1.40. The smallest absolute Gasteiger partial charge is 0.251 e. The van der Waals surface area contributed by atoms with Crippen LogP contribution in [0.4, 0.5) is 11.7 Å².